The molecule has 0 atom stereocenters. The number of carbonyl (C=O) groups is 2. The molecule has 1 aliphatic heterocycles. The molecule has 2 aromatic rings. The lowest BCUT2D eigenvalue weighted by molar-refractivity contribution is -0.127. The van der Waals surface area contributed by atoms with Crippen molar-refractivity contribution in [3.05, 3.63) is 36.7 Å². The molecule has 0 radical (unpaired) electrons. The molecule has 1 fully saturated rings. The van der Waals surface area contributed by atoms with Crippen molar-refractivity contribution in [2.75, 3.05) is 18.0 Å². The van der Waals surface area contributed by atoms with Gasteiger partial charge in [-0.15, -0.1) is 11.8 Å². The van der Waals surface area contributed by atoms with Crippen molar-refractivity contribution in [1.29, 1.82) is 0 Å². The Kier molecular flexibility index (Phi) is 6.92. The predicted molar refractivity (Wildman–Crippen MR) is 115 cm³/mol. The highest BCUT2D eigenvalue weighted by molar-refractivity contribution is 8.00. The first-order chi connectivity index (χ1) is 13.8. The van der Waals surface area contributed by atoms with E-state index in [0.29, 0.717) is 29.6 Å². The van der Waals surface area contributed by atoms with Gasteiger partial charge in [0.25, 0.3) is 5.91 Å². The van der Waals surface area contributed by atoms with Crippen molar-refractivity contribution in [2.24, 2.45) is 5.92 Å². The molecule has 0 aromatic carbocycles. The summed E-state index contributed by atoms with van der Waals surface area (Å²) in [6, 6.07) is 0. The van der Waals surface area contributed by atoms with Gasteiger partial charge in [-0.05, 0) is 32.0 Å². The minimum atomic E-state index is -0.443. The molecule has 0 aliphatic carbocycles. The average Bonchev–Trinajstić information content (AvgIpc) is 3.36. The van der Waals surface area contributed by atoms with E-state index < -0.39 is 5.91 Å². The molecule has 156 valence electrons. The predicted octanol–water partition coefficient (Wildman–Crippen LogP) is 3.77. The van der Waals surface area contributed by atoms with E-state index in [1.165, 1.54) is 28.0 Å². The first kappa shape index (κ1) is 21.7. The highest BCUT2D eigenvalue weighted by atomic mass is 32.2. The Morgan fingerprint density at radius 2 is 2.07 bits per heavy atom. The third-order valence-corrected chi connectivity index (χ3v) is 6.76. The summed E-state index contributed by atoms with van der Waals surface area (Å²) >= 11 is 2.83. The van der Waals surface area contributed by atoms with Crippen molar-refractivity contribution in [1.82, 2.24) is 15.3 Å². The Morgan fingerprint density at radius 3 is 2.69 bits per heavy atom. The smallest absolute Gasteiger partial charge is 0.259 e. The van der Waals surface area contributed by atoms with Crippen LogP contribution in [-0.2, 0) is 20.8 Å². The third-order valence-electron chi connectivity index (χ3n) is 4.60. The van der Waals surface area contributed by atoms with E-state index in [2.05, 4.69) is 42.6 Å². The van der Waals surface area contributed by atoms with Crippen LogP contribution in [0.1, 0.15) is 45.3 Å². The highest BCUT2D eigenvalue weighted by Crippen LogP contribution is 2.34. The number of rotatable bonds is 6. The second-order valence-corrected chi connectivity index (χ2v) is 10.1. The van der Waals surface area contributed by atoms with Crippen molar-refractivity contribution in [3.8, 4) is 0 Å². The van der Waals surface area contributed by atoms with Crippen molar-refractivity contribution < 1.29 is 14.0 Å². The number of amides is 2. The number of nitrogens with zero attached hydrogens (tertiary/aromatic N) is 3. The summed E-state index contributed by atoms with van der Waals surface area (Å²) in [6.45, 7) is 11.3. The fraction of sp³-hybridized carbons (Fsp3) is 0.500. The van der Waals surface area contributed by atoms with Crippen molar-refractivity contribution in [2.45, 2.75) is 49.0 Å². The van der Waals surface area contributed by atoms with Crippen molar-refractivity contribution >= 4 is 40.0 Å². The zero-order valence-electron chi connectivity index (χ0n) is 16.9. The van der Waals surface area contributed by atoms with Crippen LogP contribution in [0.15, 0.2) is 33.7 Å². The molecule has 9 heteroatoms. The summed E-state index contributed by atoms with van der Waals surface area (Å²) in [5, 5.41) is 3.61. The Balaban J connectivity index is 1.70. The summed E-state index contributed by atoms with van der Waals surface area (Å²) < 4.78 is 6.70. The number of hydrogen-bond donors (Lipinski definition) is 1. The Hall–Kier alpha value is -1.97. The first-order valence-corrected chi connectivity index (χ1v) is 11.3. The average molecular weight is 435 g/mol. The van der Waals surface area contributed by atoms with Gasteiger partial charge < -0.3 is 9.73 Å². The van der Waals surface area contributed by atoms with E-state index in [1.807, 2.05) is 0 Å². The van der Waals surface area contributed by atoms with E-state index in [-0.39, 0.29) is 17.2 Å². The van der Waals surface area contributed by atoms with Crippen LogP contribution in [0.2, 0.25) is 0 Å². The highest BCUT2D eigenvalue weighted by Gasteiger charge is 2.31. The number of hydrogen-bond acceptors (Lipinski definition) is 8. The largest absolute Gasteiger partial charge is 0.444 e. The van der Waals surface area contributed by atoms with Gasteiger partial charge in [0, 0.05) is 11.3 Å². The lowest BCUT2D eigenvalue weighted by Gasteiger charge is -2.26. The van der Waals surface area contributed by atoms with E-state index in [9.17, 15) is 9.59 Å². The van der Waals surface area contributed by atoms with Gasteiger partial charge in [-0.3, -0.25) is 9.59 Å². The van der Waals surface area contributed by atoms with E-state index in [1.54, 1.807) is 12.4 Å². The number of nitrogens with one attached hydrogen (secondary N) is 1. The lowest BCUT2D eigenvalue weighted by atomic mass is 9.94. The molecule has 2 amide bonds. The minimum absolute atomic E-state index is 0.0892. The molecular weight excluding hydrogens is 408 g/mol. The third kappa shape index (κ3) is 5.34. The van der Waals surface area contributed by atoms with E-state index in [0.717, 1.165) is 29.1 Å². The van der Waals surface area contributed by atoms with Crippen LogP contribution in [0.5, 0.6) is 0 Å². The second-order valence-electron chi connectivity index (χ2n) is 7.86. The molecule has 2 aromatic heterocycles. The van der Waals surface area contributed by atoms with Gasteiger partial charge >= 0.3 is 0 Å². The maximum atomic E-state index is 12.9. The minimum Gasteiger partial charge on any atom is -0.444 e. The van der Waals surface area contributed by atoms with Gasteiger partial charge in [0.1, 0.15) is 5.76 Å². The molecule has 0 saturated carbocycles. The van der Waals surface area contributed by atoms with Crippen LogP contribution in [-0.4, -0.2) is 34.9 Å². The molecule has 29 heavy (non-hydrogen) atoms. The quantitative estimate of drug-likeness (QED) is 0.547. The molecule has 3 heterocycles. The lowest BCUT2D eigenvalue weighted by Crippen LogP contribution is -2.43. The van der Waals surface area contributed by atoms with Gasteiger partial charge in [-0.25, -0.2) is 14.9 Å². The summed E-state index contributed by atoms with van der Waals surface area (Å²) in [7, 11) is 0. The molecule has 1 N–H and O–H groups in total. The normalized spacial score (nSPS) is 15.3. The van der Waals surface area contributed by atoms with E-state index >= 15 is 0 Å². The van der Waals surface area contributed by atoms with Crippen molar-refractivity contribution in [3.63, 3.8) is 0 Å². The Bertz CT molecular complexity index is 878. The van der Waals surface area contributed by atoms with Gasteiger partial charge in [-0.2, -0.15) is 0 Å². The number of thiazole rings is 1. The first-order valence-electron chi connectivity index (χ1n) is 9.54. The van der Waals surface area contributed by atoms with Crippen LogP contribution in [0, 0.1) is 5.92 Å². The Labute approximate surface area is 179 Å². The zero-order valence-corrected chi connectivity index (χ0v) is 18.6. The second kappa shape index (κ2) is 9.23. The number of anilines is 1. The number of thioether (sulfide) groups is 1. The summed E-state index contributed by atoms with van der Waals surface area (Å²) in [6.07, 6.45) is 6.03. The summed E-state index contributed by atoms with van der Waals surface area (Å²) in [5.74, 6) is 1.21. The molecule has 3 rings (SSSR count). The maximum Gasteiger partial charge on any atom is 0.259 e. The number of piperidine rings is 1. The van der Waals surface area contributed by atoms with Crippen LogP contribution >= 0.6 is 23.1 Å². The number of oxazole rings is 1. The zero-order chi connectivity index (χ0) is 21.0. The number of imide groups is 1. The fourth-order valence-corrected chi connectivity index (χ4v) is 4.74. The SMILES string of the molecule is C=CC(=O)N(C(=O)C1CCNCC1)c1ncc(SCc2ncc(C(C)(C)C)o2)s1. The molecule has 1 aliphatic rings. The van der Waals surface area contributed by atoms with Gasteiger partial charge in [0.2, 0.25) is 11.8 Å². The summed E-state index contributed by atoms with van der Waals surface area (Å²) in [4.78, 5) is 35.2. The molecule has 1 saturated heterocycles. The monoisotopic (exact) mass is 434 g/mol. The van der Waals surface area contributed by atoms with Gasteiger partial charge in [0.05, 0.1) is 22.4 Å². The molecule has 0 unspecified atom stereocenters. The fourth-order valence-electron chi connectivity index (χ4n) is 2.92. The van der Waals surface area contributed by atoms with Gasteiger partial charge in [-0.1, -0.05) is 38.7 Å². The van der Waals surface area contributed by atoms with Crippen LogP contribution in [0.25, 0.3) is 0 Å². The summed E-state index contributed by atoms with van der Waals surface area (Å²) in [5.41, 5.74) is -0.0892. The Morgan fingerprint density at radius 1 is 1.34 bits per heavy atom. The number of carbonyl (C=O) groups excluding carboxylic acids is 2. The number of aromatic nitrogens is 2. The van der Waals surface area contributed by atoms with E-state index in [4.69, 9.17) is 4.42 Å². The molecular formula is C20H26N4O3S2. The standard InChI is InChI=1S/C20H26N4O3S2/c1-5-16(25)24(18(26)13-6-8-21-9-7-13)19-23-11-17(29-19)28-12-15-22-10-14(27-15)20(2,3)4/h5,10-11,13,21H,1,6-9,12H2,2-4H3. The van der Waals surface area contributed by atoms with Crippen LogP contribution in [0.3, 0.4) is 0 Å². The molecule has 0 bridgehead atoms. The van der Waals surface area contributed by atoms with Crippen LogP contribution in [0.4, 0.5) is 5.13 Å². The maximum absolute atomic E-state index is 12.9. The van der Waals surface area contributed by atoms with Crippen LogP contribution < -0.4 is 10.2 Å². The van der Waals surface area contributed by atoms with Gasteiger partial charge in [0.15, 0.2) is 5.13 Å². The topological polar surface area (TPSA) is 88.3 Å². The molecule has 7 nitrogen and oxygen atoms in total. The molecule has 0 spiro atoms.